The summed E-state index contributed by atoms with van der Waals surface area (Å²) in [6, 6.07) is 24.5. The van der Waals surface area contributed by atoms with E-state index in [1.54, 1.807) is 0 Å². The Hall–Kier alpha value is -3.33. The Morgan fingerprint density at radius 3 is 2.26 bits per heavy atom. The van der Waals surface area contributed by atoms with Crippen molar-refractivity contribution in [2.75, 3.05) is 0 Å². The van der Waals surface area contributed by atoms with Crippen LogP contribution in [-0.4, -0.2) is 17.3 Å². The molecule has 1 saturated carbocycles. The van der Waals surface area contributed by atoms with E-state index in [0.29, 0.717) is 25.7 Å². The predicted molar refractivity (Wildman–Crippen MR) is 172 cm³/mol. The average molecular weight is 565 g/mol. The number of benzene rings is 3. The number of hydrogen-bond donors (Lipinski definition) is 0. The zero-order chi connectivity index (χ0) is 30.4. The van der Waals surface area contributed by atoms with Crippen LogP contribution >= 0.6 is 0 Å². The molecular formula is C39H48O3. The molecule has 4 rings (SSSR count). The number of Topliss-reactive ketones (excluding diaryl/α,β-unsaturated/α-hetero) is 3. The molecule has 0 bridgehead atoms. The Bertz CT molecular complexity index is 1400. The Morgan fingerprint density at radius 2 is 1.55 bits per heavy atom. The van der Waals surface area contributed by atoms with Crippen LogP contribution < -0.4 is 0 Å². The van der Waals surface area contributed by atoms with Crippen molar-refractivity contribution in [3.63, 3.8) is 0 Å². The molecule has 0 saturated heterocycles. The van der Waals surface area contributed by atoms with E-state index in [1.165, 1.54) is 11.1 Å². The van der Waals surface area contributed by atoms with Crippen molar-refractivity contribution in [3.05, 3.63) is 106 Å². The van der Waals surface area contributed by atoms with Crippen LogP contribution in [0.5, 0.6) is 0 Å². The van der Waals surface area contributed by atoms with E-state index >= 15 is 0 Å². The summed E-state index contributed by atoms with van der Waals surface area (Å²) in [4.78, 5) is 41.8. The zero-order valence-electron chi connectivity index (χ0n) is 26.4. The zero-order valence-corrected chi connectivity index (χ0v) is 26.4. The van der Waals surface area contributed by atoms with Crippen LogP contribution in [0.2, 0.25) is 0 Å². The average Bonchev–Trinajstić information content (AvgIpc) is 3.31. The molecular weight excluding hydrogens is 516 g/mol. The Balaban J connectivity index is 1.55. The van der Waals surface area contributed by atoms with Crippen LogP contribution in [0.3, 0.4) is 0 Å². The number of ketones is 3. The van der Waals surface area contributed by atoms with E-state index in [1.807, 2.05) is 57.2 Å². The highest BCUT2D eigenvalue weighted by atomic mass is 16.1. The first-order valence-corrected chi connectivity index (χ1v) is 15.8. The normalized spacial score (nSPS) is 19.3. The van der Waals surface area contributed by atoms with Gasteiger partial charge in [-0.1, -0.05) is 100 Å². The molecule has 0 heterocycles. The smallest absolute Gasteiger partial charge is 0.163 e. The summed E-state index contributed by atoms with van der Waals surface area (Å²) in [6.45, 7) is 12.5. The highest BCUT2D eigenvalue weighted by molar-refractivity contribution is 5.98. The molecule has 0 spiro atoms. The molecule has 1 fully saturated rings. The molecule has 3 aromatic rings. The lowest BCUT2D eigenvalue weighted by Gasteiger charge is -2.32. The molecule has 1 aliphatic carbocycles. The van der Waals surface area contributed by atoms with Crippen molar-refractivity contribution in [1.82, 2.24) is 0 Å². The molecule has 0 radical (unpaired) electrons. The molecule has 3 aromatic carbocycles. The minimum absolute atomic E-state index is 0.0884. The fourth-order valence-electron chi connectivity index (χ4n) is 7.10. The standard InChI is InChI=1S/C39H48O3/c1-7-29-16-12-17-31(23-29)19-20-35(40)37-34(21-22-39(37,5)6)38(42)28(4)32(24-30-14-9-8-10-15-30)25-36(41)33-18-11-13-26(2)27(33)3/h8-18,23,28,32,34,37H,7,19-22,24-25H2,1-6H3. The second-order valence-electron chi connectivity index (χ2n) is 13.3. The van der Waals surface area contributed by atoms with Gasteiger partial charge in [0.25, 0.3) is 0 Å². The summed E-state index contributed by atoms with van der Waals surface area (Å²) in [5.74, 6) is -0.589. The van der Waals surface area contributed by atoms with Crippen LogP contribution in [0.4, 0.5) is 0 Å². The molecule has 3 heteroatoms. The highest BCUT2D eigenvalue weighted by Gasteiger charge is 2.49. The summed E-state index contributed by atoms with van der Waals surface area (Å²) in [6.07, 6.45) is 4.71. The van der Waals surface area contributed by atoms with Crippen molar-refractivity contribution in [3.8, 4) is 0 Å². The van der Waals surface area contributed by atoms with Gasteiger partial charge in [-0.25, -0.2) is 0 Å². The van der Waals surface area contributed by atoms with Gasteiger partial charge in [-0.15, -0.1) is 0 Å². The maximum atomic E-state index is 14.3. The second-order valence-corrected chi connectivity index (χ2v) is 13.3. The molecule has 0 N–H and O–H groups in total. The van der Waals surface area contributed by atoms with Crippen molar-refractivity contribution in [2.45, 2.75) is 86.5 Å². The molecule has 0 amide bonds. The fraction of sp³-hybridized carbons (Fsp3) is 0.462. The lowest BCUT2D eigenvalue weighted by molar-refractivity contribution is -0.136. The summed E-state index contributed by atoms with van der Waals surface area (Å²) in [5.41, 5.74) is 6.23. The van der Waals surface area contributed by atoms with Gasteiger partial charge in [0, 0.05) is 36.2 Å². The molecule has 3 nitrogen and oxygen atoms in total. The summed E-state index contributed by atoms with van der Waals surface area (Å²) in [7, 11) is 0. The maximum absolute atomic E-state index is 14.3. The van der Waals surface area contributed by atoms with E-state index in [0.717, 1.165) is 41.5 Å². The molecule has 4 atom stereocenters. The van der Waals surface area contributed by atoms with Gasteiger partial charge in [0.05, 0.1) is 0 Å². The molecule has 1 aliphatic rings. The SMILES string of the molecule is CCc1cccc(CCC(=O)C2C(C(=O)C(C)C(CC(=O)c3cccc(C)c3C)Cc3ccccc3)CCC2(C)C)c1. The second kappa shape index (κ2) is 13.8. The Morgan fingerprint density at radius 1 is 0.881 bits per heavy atom. The number of aryl methyl sites for hydroxylation is 3. The first-order valence-electron chi connectivity index (χ1n) is 15.8. The number of rotatable bonds is 13. The van der Waals surface area contributed by atoms with E-state index in [4.69, 9.17) is 0 Å². The van der Waals surface area contributed by atoms with Gasteiger partial charge in [-0.3, -0.25) is 14.4 Å². The van der Waals surface area contributed by atoms with Crippen molar-refractivity contribution < 1.29 is 14.4 Å². The Kier molecular flexibility index (Phi) is 10.4. The number of carbonyl (C=O) groups is 3. The van der Waals surface area contributed by atoms with Gasteiger partial charge in [0.1, 0.15) is 11.6 Å². The molecule has 42 heavy (non-hydrogen) atoms. The third-order valence-corrected chi connectivity index (χ3v) is 9.97. The predicted octanol–water partition coefficient (Wildman–Crippen LogP) is 8.76. The molecule has 4 unspecified atom stereocenters. The quantitative estimate of drug-likeness (QED) is 0.195. The summed E-state index contributed by atoms with van der Waals surface area (Å²) in [5, 5.41) is 0. The topological polar surface area (TPSA) is 51.2 Å². The van der Waals surface area contributed by atoms with Gasteiger partial charge in [0.2, 0.25) is 0 Å². The van der Waals surface area contributed by atoms with Crippen LogP contribution in [0.15, 0.2) is 72.8 Å². The first-order chi connectivity index (χ1) is 20.0. The monoisotopic (exact) mass is 564 g/mol. The third kappa shape index (κ3) is 7.35. The number of hydrogen-bond acceptors (Lipinski definition) is 3. The highest BCUT2D eigenvalue weighted by Crippen LogP contribution is 2.49. The minimum Gasteiger partial charge on any atom is -0.299 e. The van der Waals surface area contributed by atoms with Crippen molar-refractivity contribution >= 4 is 17.3 Å². The first kappa shape index (κ1) is 31.6. The summed E-state index contributed by atoms with van der Waals surface area (Å²) < 4.78 is 0. The summed E-state index contributed by atoms with van der Waals surface area (Å²) >= 11 is 0. The van der Waals surface area contributed by atoms with Crippen LogP contribution in [-0.2, 0) is 28.9 Å². The number of carbonyl (C=O) groups excluding carboxylic acids is 3. The van der Waals surface area contributed by atoms with Crippen LogP contribution in [0.25, 0.3) is 0 Å². The van der Waals surface area contributed by atoms with Gasteiger partial charge in [-0.2, -0.15) is 0 Å². The minimum atomic E-state index is -0.324. The maximum Gasteiger partial charge on any atom is 0.163 e. The third-order valence-electron chi connectivity index (χ3n) is 9.97. The Labute approximate surface area is 253 Å². The van der Waals surface area contributed by atoms with E-state index in [2.05, 4.69) is 57.2 Å². The van der Waals surface area contributed by atoms with Crippen molar-refractivity contribution in [1.29, 1.82) is 0 Å². The molecule has 222 valence electrons. The van der Waals surface area contributed by atoms with Gasteiger partial charge >= 0.3 is 0 Å². The largest absolute Gasteiger partial charge is 0.299 e. The molecule has 0 aliphatic heterocycles. The van der Waals surface area contributed by atoms with E-state index in [9.17, 15) is 14.4 Å². The van der Waals surface area contributed by atoms with Gasteiger partial charge < -0.3 is 0 Å². The van der Waals surface area contributed by atoms with E-state index in [-0.39, 0.29) is 46.4 Å². The fourth-order valence-corrected chi connectivity index (χ4v) is 7.10. The van der Waals surface area contributed by atoms with Crippen LogP contribution in [0.1, 0.15) is 91.6 Å². The lowest BCUT2D eigenvalue weighted by atomic mass is 9.70. The molecule has 0 aromatic heterocycles. The van der Waals surface area contributed by atoms with E-state index < -0.39 is 0 Å². The van der Waals surface area contributed by atoms with Gasteiger partial charge in [0.15, 0.2) is 5.78 Å². The van der Waals surface area contributed by atoms with Crippen molar-refractivity contribution in [2.24, 2.45) is 29.1 Å². The van der Waals surface area contributed by atoms with Crippen LogP contribution in [0, 0.1) is 42.9 Å². The van der Waals surface area contributed by atoms with Gasteiger partial charge in [-0.05, 0) is 85.1 Å². The lowest BCUT2D eigenvalue weighted by Crippen LogP contribution is -2.38.